The molecule has 38 heavy (non-hydrogen) atoms. The van der Waals surface area contributed by atoms with E-state index in [0.717, 1.165) is 12.2 Å². The minimum atomic E-state index is -0.789. The van der Waals surface area contributed by atoms with E-state index in [1.807, 2.05) is 0 Å². The molecule has 14 nitrogen and oxygen atoms in total. The first-order valence-corrected chi connectivity index (χ1v) is 11.9. The van der Waals surface area contributed by atoms with E-state index in [9.17, 15) is 9.59 Å². The Morgan fingerprint density at radius 1 is 0.500 bits per heavy atom. The van der Waals surface area contributed by atoms with Gasteiger partial charge in [-0.2, -0.15) is 0 Å². The summed E-state index contributed by atoms with van der Waals surface area (Å²) < 4.78 is 65.7. The number of methoxy groups -OCH3 is 8. The minimum Gasteiger partial charge on any atom is -0.460 e. The number of hydrogen-bond acceptors (Lipinski definition) is 14. The molecule has 0 N–H and O–H groups in total. The Morgan fingerprint density at radius 2 is 0.816 bits per heavy atom. The summed E-state index contributed by atoms with van der Waals surface area (Å²) in [6.45, 7) is -0.369. The van der Waals surface area contributed by atoms with Gasteiger partial charge in [-0.05, 0) is 0 Å². The molecule has 0 bridgehead atoms. The molecule has 0 aliphatic carbocycles. The lowest BCUT2D eigenvalue weighted by atomic mass is 9.98. The van der Waals surface area contributed by atoms with Gasteiger partial charge in [-0.1, -0.05) is 0 Å². The highest BCUT2D eigenvalue weighted by Crippen LogP contribution is 2.29. The molecule has 0 saturated carbocycles. The predicted octanol–water partition coefficient (Wildman–Crippen LogP) is -0.538. The highest BCUT2D eigenvalue weighted by molar-refractivity contribution is 5.91. The monoisotopic (exact) mass is 552 g/mol. The van der Waals surface area contributed by atoms with Crippen molar-refractivity contribution in [3.05, 3.63) is 12.2 Å². The zero-order valence-electron chi connectivity index (χ0n) is 23.1. The molecule has 0 amide bonds. The summed E-state index contributed by atoms with van der Waals surface area (Å²) in [4.78, 5) is 24.5. The van der Waals surface area contributed by atoms with Crippen molar-refractivity contribution in [2.45, 2.75) is 61.4 Å². The van der Waals surface area contributed by atoms with Gasteiger partial charge >= 0.3 is 11.9 Å². The Bertz CT molecular complexity index is 688. The van der Waals surface area contributed by atoms with E-state index in [1.54, 1.807) is 0 Å². The maximum Gasteiger partial charge on any atom is 0.331 e. The van der Waals surface area contributed by atoms with Gasteiger partial charge in [0, 0.05) is 69.0 Å². The zero-order valence-corrected chi connectivity index (χ0v) is 23.1. The van der Waals surface area contributed by atoms with Gasteiger partial charge in [0.15, 0.2) is 12.6 Å². The lowest BCUT2D eigenvalue weighted by molar-refractivity contribution is -0.307. The zero-order chi connectivity index (χ0) is 28.2. The van der Waals surface area contributed by atoms with Gasteiger partial charge in [-0.3, -0.25) is 0 Å². The molecule has 6 unspecified atom stereocenters. The summed E-state index contributed by atoms with van der Waals surface area (Å²) in [6.07, 6.45) is -4.46. The average Bonchev–Trinajstić information content (AvgIpc) is 2.95. The molecule has 0 radical (unpaired) electrons. The summed E-state index contributed by atoms with van der Waals surface area (Å²) in [7, 11) is 11.9. The third-order valence-corrected chi connectivity index (χ3v) is 6.42. The maximum atomic E-state index is 12.3. The molecule has 2 rings (SSSR count). The Morgan fingerprint density at radius 3 is 1.08 bits per heavy atom. The lowest BCUT2D eigenvalue weighted by Crippen LogP contribution is -2.61. The normalized spacial score (nSPS) is 35.8. The number of esters is 2. The first kappa shape index (κ1) is 32.5. The van der Waals surface area contributed by atoms with Crippen LogP contribution in [0, 0.1) is 0 Å². The van der Waals surface area contributed by atoms with Gasteiger partial charge in [-0.25, -0.2) is 9.59 Å². The molecule has 2 aliphatic heterocycles. The Hall–Kier alpha value is -1.72. The minimum absolute atomic E-state index is 0.185. The van der Waals surface area contributed by atoms with Crippen molar-refractivity contribution < 1.29 is 66.4 Å². The van der Waals surface area contributed by atoms with Gasteiger partial charge in [-0.15, -0.1) is 0 Å². The summed E-state index contributed by atoms with van der Waals surface area (Å²) in [5, 5.41) is 0. The van der Waals surface area contributed by atoms with Crippen LogP contribution in [-0.2, 0) is 66.4 Å². The third kappa shape index (κ3) is 7.91. The molecule has 2 fully saturated rings. The molecule has 14 heteroatoms. The first-order valence-electron chi connectivity index (χ1n) is 11.9. The van der Waals surface area contributed by atoms with Crippen LogP contribution in [0.1, 0.15) is 0 Å². The van der Waals surface area contributed by atoms with E-state index in [1.165, 1.54) is 56.9 Å². The van der Waals surface area contributed by atoms with Crippen molar-refractivity contribution in [3.8, 4) is 0 Å². The van der Waals surface area contributed by atoms with Crippen molar-refractivity contribution in [3.63, 3.8) is 0 Å². The van der Waals surface area contributed by atoms with Gasteiger partial charge in [0.1, 0.15) is 62.0 Å². The van der Waals surface area contributed by atoms with Crippen LogP contribution < -0.4 is 0 Å². The number of ether oxygens (including phenoxy) is 12. The van der Waals surface area contributed by atoms with Crippen LogP contribution in [0.2, 0.25) is 0 Å². The van der Waals surface area contributed by atoms with Crippen LogP contribution in [0.25, 0.3) is 0 Å². The van der Waals surface area contributed by atoms with Crippen LogP contribution in [0.4, 0.5) is 0 Å². The van der Waals surface area contributed by atoms with Crippen molar-refractivity contribution in [2.75, 3.05) is 70.1 Å². The van der Waals surface area contributed by atoms with E-state index in [-0.39, 0.29) is 13.2 Å². The second-order valence-electron chi connectivity index (χ2n) is 8.35. The van der Waals surface area contributed by atoms with Crippen molar-refractivity contribution in [1.82, 2.24) is 0 Å². The van der Waals surface area contributed by atoms with E-state index < -0.39 is 73.4 Å². The highest BCUT2D eigenvalue weighted by atomic mass is 16.7. The van der Waals surface area contributed by atoms with Crippen molar-refractivity contribution in [1.29, 1.82) is 0 Å². The average molecular weight is 553 g/mol. The van der Waals surface area contributed by atoms with Crippen LogP contribution >= 0.6 is 0 Å². The lowest BCUT2D eigenvalue weighted by Gasteiger charge is -2.43. The second kappa shape index (κ2) is 16.4. The van der Waals surface area contributed by atoms with E-state index >= 15 is 0 Å². The summed E-state index contributed by atoms with van der Waals surface area (Å²) in [5.41, 5.74) is 0. The van der Waals surface area contributed by atoms with E-state index in [4.69, 9.17) is 56.8 Å². The van der Waals surface area contributed by atoms with Crippen LogP contribution in [0.5, 0.6) is 0 Å². The second-order valence-corrected chi connectivity index (χ2v) is 8.35. The molecular weight excluding hydrogens is 512 g/mol. The van der Waals surface area contributed by atoms with Gasteiger partial charge in [0.25, 0.3) is 0 Å². The van der Waals surface area contributed by atoms with Crippen LogP contribution in [0.3, 0.4) is 0 Å². The Labute approximate surface area is 222 Å². The summed E-state index contributed by atoms with van der Waals surface area (Å²) >= 11 is 0. The standard InChI is InChI=1S/C24H40O14/c1-27-17-13(37-23(33-7)21(31-5)19(17)29-3)11-35-15(25)9-10-16(26)36-12-14-18(28-2)20(30-4)22(32-6)24(34-8)38-14/h9-10,13-14,17-24H,11-12H2,1-8H3/b10-9+/t13?,14?,17-,18+,19?,20?,21?,22?,23-,24-/m1/s1. The van der Waals surface area contributed by atoms with Gasteiger partial charge in [0.05, 0.1) is 0 Å². The quantitative estimate of drug-likeness (QED) is 0.201. The van der Waals surface area contributed by atoms with Crippen molar-refractivity contribution in [2.24, 2.45) is 0 Å². The smallest absolute Gasteiger partial charge is 0.331 e. The summed E-state index contributed by atoms with van der Waals surface area (Å²) in [6, 6.07) is 0. The largest absolute Gasteiger partial charge is 0.460 e. The Kier molecular flexibility index (Phi) is 14.0. The molecule has 2 saturated heterocycles. The number of rotatable bonds is 14. The van der Waals surface area contributed by atoms with Gasteiger partial charge < -0.3 is 56.8 Å². The Balaban J connectivity index is 1.91. The van der Waals surface area contributed by atoms with Gasteiger partial charge in [0.2, 0.25) is 0 Å². The molecule has 0 aromatic carbocycles. The number of hydrogen-bond donors (Lipinski definition) is 0. The summed E-state index contributed by atoms with van der Waals surface area (Å²) in [5.74, 6) is -1.58. The first-order chi connectivity index (χ1) is 18.3. The van der Waals surface area contributed by atoms with Crippen LogP contribution in [0.15, 0.2) is 12.2 Å². The molecule has 10 atom stereocenters. The molecule has 2 aliphatic rings. The van der Waals surface area contributed by atoms with E-state index in [0.29, 0.717) is 0 Å². The highest BCUT2D eigenvalue weighted by Gasteiger charge is 2.49. The maximum absolute atomic E-state index is 12.3. The number of carbonyl (C=O) groups is 2. The third-order valence-electron chi connectivity index (χ3n) is 6.42. The van der Waals surface area contributed by atoms with Crippen LogP contribution in [-0.4, -0.2) is 143 Å². The molecule has 0 spiro atoms. The number of carbonyl (C=O) groups excluding carboxylic acids is 2. The fourth-order valence-electron chi connectivity index (χ4n) is 4.57. The molecular formula is C24H40O14. The molecule has 2 heterocycles. The molecule has 0 aromatic heterocycles. The topological polar surface area (TPSA) is 145 Å². The predicted molar refractivity (Wildman–Crippen MR) is 127 cm³/mol. The fraction of sp³-hybridized carbons (Fsp3) is 0.833. The fourth-order valence-corrected chi connectivity index (χ4v) is 4.57. The van der Waals surface area contributed by atoms with E-state index in [2.05, 4.69) is 0 Å². The molecule has 0 aromatic rings. The molecule has 220 valence electrons. The van der Waals surface area contributed by atoms with Crippen molar-refractivity contribution >= 4 is 11.9 Å². The SMILES string of the molecule is COC1C(OC)[C@H](OC)C(COC(=O)/C=C/C(=O)OCC2O[C@@H](OC)C(OC)C(OC)[C@H]2OC)O[C@H]1OC.